The molecular weight excluding hydrogens is 560 g/mol. The maximum absolute atomic E-state index is 15.4. The van der Waals surface area contributed by atoms with Crippen molar-refractivity contribution in [1.29, 1.82) is 5.26 Å². The molecule has 3 fully saturated rings. The lowest BCUT2D eigenvalue weighted by molar-refractivity contribution is -0.149. The predicted octanol–water partition coefficient (Wildman–Crippen LogP) is 4.62. The minimum atomic E-state index is -0.359. The number of carbonyl (C=O) groups excluding carboxylic acids is 1. The van der Waals surface area contributed by atoms with E-state index < -0.39 is 0 Å². The van der Waals surface area contributed by atoms with Crippen molar-refractivity contribution in [2.24, 2.45) is 11.3 Å². The summed E-state index contributed by atoms with van der Waals surface area (Å²) < 4.78 is 35.8. The number of pyridine rings is 1. The Hall–Kier alpha value is -4.08. The van der Waals surface area contributed by atoms with Gasteiger partial charge in [0, 0.05) is 50.8 Å². The number of aromatic nitrogens is 3. The van der Waals surface area contributed by atoms with E-state index in [2.05, 4.69) is 11.2 Å². The number of likely N-dealkylation sites (tertiary alicyclic amines) is 1. The molecule has 0 N–H and O–H groups in total. The van der Waals surface area contributed by atoms with Crippen LogP contribution in [0.5, 0.6) is 0 Å². The summed E-state index contributed by atoms with van der Waals surface area (Å²) in [5, 5.41) is 15.0. The molecule has 42 heavy (non-hydrogen) atoms. The van der Waals surface area contributed by atoms with Gasteiger partial charge in [0.25, 0.3) is 0 Å². The third-order valence-electron chi connectivity index (χ3n) is 8.57. The number of nitriles is 1. The van der Waals surface area contributed by atoms with Crippen LogP contribution in [0.1, 0.15) is 23.9 Å². The minimum absolute atomic E-state index is 0.00741. The first kappa shape index (κ1) is 26.8. The highest BCUT2D eigenvalue weighted by molar-refractivity contribution is 7.16. The molecule has 1 spiro atoms. The second kappa shape index (κ2) is 10.0. The van der Waals surface area contributed by atoms with E-state index in [1.165, 1.54) is 29.7 Å². The molecule has 3 aliphatic rings. The third kappa shape index (κ3) is 4.30. The van der Waals surface area contributed by atoms with Gasteiger partial charge in [-0.3, -0.25) is 4.79 Å². The molecule has 6 heterocycles. The smallest absolute Gasteiger partial charge is 0.228 e. The highest BCUT2D eigenvalue weighted by Crippen LogP contribution is 2.45. The maximum atomic E-state index is 15.4. The first-order valence-corrected chi connectivity index (χ1v) is 14.8. The Balaban J connectivity index is 1.15. The number of hydrogen-bond donors (Lipinski definition) is 0. The summed E-state index contributed by atoms with van der Waals surface area (Å²) in [5.74, 6) is -0.571. The highest BCUT2D eigenvalue weighted by atomic mass is 32.1. The molecule has 216 valence electrons. The number of anilines is 3. The number of carbonyl (C=O) groups is 1. The quantitative estimate of drug-likeness (QED) is 0.324. The van der Waals surface area contributed by atoms with Crippen molar-refractivity contribution in [3.05, 3.63) is 58.7 Å². The van der Waals surface area contributed by atoms with Crippen molar-refractivity contribution in [2.75, 3.05) is 56.2 Å². The summed E-state index contributed by atoms with van der Waals surface area (Å²) in [4.78, 5) is 23.7. The fourth-order valence-corrected chi connectivity index (χ4v) is 7.26. The number of ether oxygens (including phenoxy) is 1. The lowest BCUT2D eigenvalue weighted by atomic mass is 9.72. The fourth-order valence-electron chi connectivity index (χ4n) is 6.41. The van der Waals surface area contributed by atoms with E-state index in [0.717, 1.165) is 23.3 Å². The number of hydrogen-bond acceptors (Lipinski definition) is 8. The van der Waals surface area contributed by atoms with Crippen LogP contribution in [0.2, 0.25) is 0 Å². The molecule has 3 aromatic heterocycles. The summed E-state index contributed by atoms with van der Waals surface area (Å²) >= 11 is 1.24. The molecule has 0 bridgehead atoms. The van der Waals surface area contributed by atoms with Gasteiger partial charge < -0.3 is 19.4 Å². The van der Waals surface area contributed by atoms with Gasteiger partial charge in [0.05, 0.1) is 41.3 Å². The number of halogens is 2. The van der Waals surface area contributed by atoms with Crippen LogP contribution >= 0.6 is 11.3 Å². The van der Waals surface area contributed by atoms with Crippen LogP contribution in [0.25, 0.3) is 16.8 Å². The van der Waals surface area contributed by atoms with E-state index in [1.807, 2.05) is 34.7 Å². The van der Waals surface area contributed by atoms with Crippen molar-refractivity contribution < 1.29 is 18.3 Å². The number of aryl methyl sites for hydroxylation is 1. The molecule has 9 nitrogen and oxygen atoms in total. The van der Waals surface area contributed by atoms with Crippen molar-refractivity contribution in [2.45, 2.75) is 19.8 Å². The SMILES string of the molecule is CCc1nn2cc(F)c(N3CC4(CN(C(=O)[C@@H]5CCOC5)C4)C3)cc2c1N(C)c1nc(-c2ccc(F)cc2)c(C#N)s1. The second-order valence-electron chi connectivity index (χ2n) is 11.4. The van der Waals surface area contributed by atoms with E-state index in [1.54, 1.807) is 16.6 Å². The molecular formula is C30H29F2N7O2S. The Labute approximate surface area is 245 Å². The van der Waals surface area contributed by atoms with Crippen LogP contribution < -0.4 is 9.80 Å². The maximum Gasteiger partial charge on any atom is 0.228 e. The standard InChI is InChI=1S/C30H29F2N7O2S/c1-3-22-27(36(2)29-34-26(25(11-33)42-29)18-4-6-20(31)7-5-18)24-10-23(21(32)12-39(24)35-22)37-14-30(15-37)16-38(17-30)28(40)19-8-9-41-13-19/h4-7,10,12,19H,3,8-9,13-17H2,1-2H3/t19-/m1/s1. The zero-order valence-electron chi connectivity index (χ0n) is 23.3. The van der Waals surface area contributed by atoms with Crippen LogP contribution in [0.4, 0.5) is 25.3 Å². The van der Waals surface area contributed by atoms with Crippen LogP contribution in [-0.4, -0.2) is 71.8 Å². The van der Waals surface area contributed by atoms with Gasteiger partial charge in [-0.1, -0.05) is 18.3 Å². The first-order valence-electron chi connectivity index (χ1n) is 14.0. The molecule has 4 aromatic rings. The molecule has 12 heteroatoms. The normalized spacial score (nSPS) is 19.2. The molecule has 1 amide bonds. The molecule has 1 atom stereocenters. The number of rotatable bonds is 6. The predicted molar refractivity (Wildman–Crippen MR) is 155 cm³/mol. The number of nitrogens with zero attached hydrogens (tertiary/aromatic N) is 7. The van der Waals surface area contributed by atoms with E-state index in [4.69, 9.17) is 9.72 Å². The van der Waals surface area contributed by atoms with Crippen molar-refractivity contribution in [3.8, 4) is 17.3 Å². The molecule has 0 saturated carbocycles. The monoisotopic (exact) mass is 589 g/mol. The van der Waals surface area contributed by atoms with E-state index in [9.17, 15) is 14.4 Å². The fraction of sp³-hybridized carbons (Fsp3) is 0.400. The molecule has 3 aliphatic heterocycles. The first-order chi connectivity index (χ1) is 20.3. The van der Waals surface area contributed by atoms with Gasteiger partial charge in [-0.2, -0.15) is 10.4 Å². The average molecular weight is 590 g/mol. The van der Waals surface area contributed by atoms with Gasteiger partial charge in [0.2, 0.25) is 5.91 Å². The van der Waals surface area contributed by atoms with Crippen LogP contribution in [0.3, 0.4) is 0 Å². The lowest BCUT2D eigenvalue weighted by Gasteiger charge is -2.61. The lowest BCUT2D eigenvalue weighted by Crippen LogP contribution is -2.73. The van der Waals surface area contributed by atoms with Crippen LogP contribution in [0, 0.1) is 34.3 Å². The second-order valence-corrected chi connectivity index (χ2v) is 12.4. The van der Waals surface area contributed by atoms with Gasteiger partial charge in [-0.15, -0.1) is 0 Å². The Morgan fingerprint density at radius 2 is 2.00 bits per heavy atom. The Kier molecular flexibility index (Phi) is 6.40. The Bertz CT molecular complexity index is 1720. The molecule has 0 unspecified atom stereocenters. The summed E-state index contributed by atoms with van der Waals surface area (Å²) in [6.45, 7) is 5.91. The summed E-state index contributed by atoms with van der Waals surface area (Å²) in [6.07, 6.45) is 2.81. The minimum Gasteiger partial charge on any atom is -0.381 e. The summed E-state index contributed by atoms with van der Waals surface area (Å²) in [5.41, 5.74) is 3.95. The van der Waals surface area contributed by atoms with E-state index in [0.29, 0.717) is 72.8 Å². The number of fused-ring (bicyclic) bond motifs is 1. The molecule has 0 radical (unpaired) electrons. The van der Waals surface area contributed by atoms with Crippen LogP contribution in [-0.2, 0) is 16.0 Å². The topological polar surface area (TPSA) is 90.0 Å². The zero-order valence-corrected chi connectivity index (χ0v) is 24.1. The molecule has 0 aliphatic carbocycles. The molecule has 3 saturated heterocycles. The van der Waals surface area contributed by atoms with Crippen molar-refractivity contribution in [3.63, 3.8) is 0 Å². The van der Waals surface area contributed by atoms with E-state index in [-0.39, 0.29) is 28.9 Å². The Morgan fingerprint density at radius 3 is 2.67 bits per heavy atom. The van der Waals surface area contributed by atoms with E-state index >= 15 is 4.39 Å². The van der Waals surface area contributed by atoms with Gasteiger partial charge in [0.15, 0.2) is 10.9 Å². The zero-order chi connectivity index (χ0) is 29.2. The molecule has 7 rings (SSSR count). The van der Waals surface area contributed by atoms with Gasteiger partial charge in [-0.25, -0.2) is 18.3 Å². The van der Waals surface area contributed by atoms with Crippen LogP contribution in [0.15, 0.2) is 36.5 Å². The molecule has 1 aromatic carbocycles. The Morgan fingerprint density at radius 1 is 1.24 bits per heavy atom. The van der Waals surface area contributed by atoms with Crippen molar-refractivity contribution >= 4 is 39.3 Å². The van der Waals surface area contributed by atoms with Gasteiger partial charge in [-0.05, 0) is 43.2 Å². The van der Waals surface area contributed by atoms with Crippen molar-refractivity contribution in [1.82, 2.24) is 19.5 Å². The van der Waals surface area contributed by atoms with Gasteiger partial charge in [0.1, 0.15) is 22.5 Å². The number of amides is 1. The largest absolute Gasteiger partial charge is 0.381 e. The summed E-state index contributed by atoms with van der Waals surface area (Å²) in [7, 11) is 1.86. The number of benzene rings is 1. The number of thiazole rings is 1. The summed E-state index contributed by atoms with van der Waals surface area (Å²) in [6, 6.07) is 9.95. The average Bonchev–Trinajstić information content (AvgIpc) is 3.70. The highest BCUT2D eigenvalue weighted by Gasteiger charge is 2.54. The van der Waals surface area contributed by atoms with Gasteiger partial charge >= 0.3 is 0 Å². The third-order valence-corrected chi connectivity index (χ3v) is 9.61.